The van der Waals surface area contributed by atoms with Gasteiger partial charge in [-0.15, -0.1) is 0 Å². The van der Waals surface area contributed by atoms with E-state index in [0.717, 1.165) is 38.6 Å². The zero-order valence-corrected chi connectivity index (χ0v) is 24.3. The maximum atomic E-state index is 13.8. The van der Waals surface area contributed by atoms with Crippen LogP contribution in [0.5, 0.6) is 11.5 Å². The first-order chi connectivity index (χ1) is 19.4. The number of anilines is 1. The maximum absolute atomic E-state index is 13.8. The minimum Gasteiger partial charge on any atom is -0.497 e. The van der Waals surface area contributed by atoms with E-state index in [1.807, 2.05) is 90.7 Å². The van der Waals surface area contributed by atoms with Crippen LogP contribution in [-0.2, 0) is 0 Å². The third-order valence-electron chi connectivity index (χ3n) is 7.14. The van der Waals surface area contributed by atoms with Crippen LogP contribution in [0.15, 0.2) is 83.3 Å². The number of ether oxygens (including phenoxy) is 2. The van der Waals surface area contributed by atoms with Gasteiger partial charge in [0.15, 0.2) is 0 Å². The first kappa shape index (κ1) is 27.3. The van der Waals surface area contributed by atoms with Crippen molar-refractivity contribution in [1.82, 2.24) is 14.4 Å². The number of piperazine rings is 1. The number of nitrogens with one attached hydrogen (secondary N) is 1. The molecule has 3 aromatic carbocycles. The second kappa shape index (κ2) is 11.9. The SMILES string of the molecule is COc1ccc(-c2cc(C(=O)N3CCN(C(=O)Nc4ccccc4Br)CC3)c(C)n2-c2cccc(OC)c2)cc1. The molecule has 0 aliphatic carbocycles. The van der Waals surface area contributed by atoms with E-state index in [2.05, 4.69) is 25.8 Å². The first-order valence-corrected chi connectivity index (χ1v) is 13.8. The molecule has 3 amide bonds. The van der Waals surface area contributed by atoms with Crippen LogP contribution in [-0.4, -0.2) is 66.7 Å². The van der Waals surface area contributed by atoms with Crippen molar-refractivity contribution in [2.45, 2.75) is 6.92 Å². The highest BCUT2D eigenvalue weighted by atomic mass is 79.9. The number of hydrogen-bond donors (Lipinski definition) is 1. The maximum Gasteiger partial charge on any atom is 0.321 e. The molecule has 206 valence electrons. The van der Waals surface area contributed by atoms with Crippen LogP contribution in [0.2, 0.25) is 0 Å². The third-order valence-corrected chi connectivity index (χ3v) is 7.84. The number of benzene rings is 3. The van der Waals surface area contributed by atoms with E-state index in [1.165, 1.54) is 0 Å². The number of methoxy groups -OCH3 is 2. The summed E-state index contributed by atoms with van der Waals surface area (Å²) >= 11 is 3.47. The van der Waals surface area contributed by atoms with Gasteiger partial charge in [-0.3, -0.25) is 4.79 Å². The fraction of sp³-hybridized carbons (Fsp3) is 0.226. The van der Waals surface area contributed by atoms with Gasteiger partial charge >= 0.3 is 6.03 Å². The third kappa shape index (κ3) is 5.56. The Kier molecular flexibility index (Phi) is 8.11. The average molecular weight is 604 g/mol. The fourth-order valence-corrected chi connectivity index (χ4v) is 5.30. The van der Waals surface area contributed by atoms with Crippen LogP contribution >= 0.6 is 15.9 Å². The molecule has 1 fully saturated rings. The van der Waals surface area contributed by atoms with Crippen molar-refractivity contribution < 1.29 is 19.1 Å². The molecule has 40 heavy (non-hydrogen) atoms. The van der Waals surface area contributed by atoms with Crippen LogP contribution in [0.25, 0.3) is 16.9 Å². The Bertz CT molecular complexity index is 1520. The summed E-state index contributed by atoms with van der Waals surface area (Å²) in [6.45, 7) is 3.75. The van der Waals surface area contributed by atoms with E-state index < -0.39 is 0 Å². The van der Waals surface area contributed by atoms with E-state index in [1.54, 1.807) is 19.1 Å². The van der Waals surface area contributed by atoms with E-state index in [0.29, 0.717) is 37.4 Å². The van der Waals surface area contributed by atoms with Crippen molar-refractivity contribution in [1.29, 1.82) is 0 Å². The summed E-state index contributed by atoms with van der Waals surface area (Å²) in [5.41, 5.74) is 4.92. The van der Waals surface area contributed by atoms with Crippen molar-refractivity contribution in [3.8, 4) is 28.4 Å². The van der Waals surface area contributed by atoms with Crippen molar-refractivity contribution >= 4 is 33.6 Å². The normalized spacial score (nSPS) is 13.2. The smallest absolute Gasteiger partial charge is 0.321 e. The van der Waals surface area contributed by atoms with Gasteiger partial charge in [0.05, 0.1) is 31.2 Å². The second-order valence-corrected chi connectivity index (χ2v) is 10.3. The second-order valence-electron chi connectivity index (χ2n) is 9.48. The molecule has 5 rings (SSSR count). The molecule has 0 spiro atoms. The molecule has 0 unspecified atom stereocenters. The average Bonchev–Trinajstić information content (AvgIpc) is 3.34. The molecule has 4 aromatic rings. The summed E-state index contributed by atoms with van der Waals surface area (Å²) < 4.78 is 13.7. The van der Waals surface area contributed by atoms with E-state index in [-0.39, 0.29) is 11.9 Å². The number of rotatable bonds is 6. The molecule has 1 N–H and O–H groups in total. The molecule has 9 heteroatoms. The Morgan fingerprint density at radius 2 is 1.48 bits per heavy atom. The van der Waals surface area contributed by atoms with Crippen molar-refractivity contribution in [2.75, 3.05) is 45.7 Å². The number of nitrogens with zero attached hydrogens (tertiary/aromatic N) is 3. The Morgan fingerprint density at radius 3 is 2.15 bits per heavy atom. The van der Waals surface area contributed by atoms with Crippen LogP contribution in [0.3, 0.4) is 0 Å². The van der Waals surface area contributed by atoms with Gasteiger partial charge in [0.1, 0.15) is 11.5 Å². The highest BCUT2D eigenvalue weighted by Crippen LogP contribution is 2.32. The zero-order chi connectivity index (χ0) is 28.2. The van der Waals surface area contributed by atoms with Crippen LogP contribution < -0.4 is 14.8 Å². The molecule has 1 saturated heterocycles. The Labute approximate surface area is 242 Å². The molecular weight excluding hydrogens is 572 g/mol. The molecule has 1 aliphatic heterocycles. The standard InChI is InChI=1S/C31H31BrN4O4/c1-21-26(30(37)34-15-17-35(18-16-34)31(38)33-28-10-5-4-9-27(28)32)20-29(22-11-13-24(39-2)14-12-22)36(21)23-7-6-8-25(19-23)40-3/h4-14,19-20H,15-18H2,1-3H3,(H,33,38). The summed E-state index contributed by atoms with van der Waals surface area (Å²) in [7, 11) is 3.28. The number of carbonyl (C=O) groups excluding carboxylic acids is 2. The molecule has 1 aliphatic rings. The predicted molar refractivity (Wildman–Crippen MR) is 160 cm³/mol. The van der Waals surface area contributed by atoms with E-state index in [4.69, 9.17) is 9.47 Å². The number of carbonyl (C=O) groups is 2. The lowest BCUT2D eigenvalue weighted by Gasteiger charge is -2.34. The van der Waals surface area contributed by atoms with Crippen molar-refractivity contribution in [2.24, 2.45) is 0 Å². The molecule has 0 saturated carbocycles. The van der Waals surface area contributed by atoms with E-state index >= 15 is 0 Å². The summed E-state index contributed by atoms with van der Waals surface area (Å²) in [6.07, 6.45) is 0. The zero-order valence-electron chi connectivity index (χ0n) is 22.7. The minimum absolute atomic E-state index is 0.0558. The van der Waals surface area contributed by atoms with Crippen LogP contribution in [0, 0.1) is 6.92 Å². The lowest BCUT2D eigenvalue weighted by Crippen LogP contribution is -2.51. The van der Waals surface area contributed by atoms with Gasteiger partial charge in [-0.05, 0) is 83.0 Å². The fourth-order valence-electron chi connectivity index (χ4n) is 4.92. The lowest BCUT2D eigenvalue weighted by molar-refractivity contribution is 0.0671. The molecule has 0 atom stereocenters. The highest BCUT2D eigenvalue weighted by molar-refractivity contribution is 9.10. The van der Waals surface area contributed by atoms with Crippen LogP contribution in [0.1, 0.15) is 16.1 Å². The molecule has 1 aromatic heterocycles. The minimum atomic E-state index is -0.179. The Balaban J connectivity index is 1.39. The molecule has 0 bridgehead atoms. The number of hydrogen-bond acceptors (Lipinski definition) is 4. The number of halogens is 1. The summed E-state index contributed by atoms with van der Waals surface area (Å²) in [6, 6.07) is 24.8. The quantitative estimate of drug-likeness (QED) is 0.284. The van der Waals surface area contributed by atoms with E-state index in [9.17, 15) is 9.59 Å². The first-order valence-electron chi connectivity index (χ1n) is 13.0. The predicted octanol–water partition coefficient (Wildman–Crippen LogP) is 6.22. The van der Waals surface area contributed by atoms with Gasteiger partial charge in [0.2, 0.25) is 0 Å². The van der Waals surface area contributed by atoms with Crippen molar-refractivity contribution in [3.05, 3.63) is 94.6 Å². The highest BCUT2D eigenvalue weighted by Gasteiger charge is 2.28. The molecule has 2 heterocycles. The monoisotopic (exact) mass is 602 g/mol. The summed E-state index contributed by atoms with van der Waals surface area (Å²) in [5.74, 6) is 1.44. The Hall–Kier alpha value is -4.24. The molecule has 8 nitrogen and oxygen atoms in total. The summed E-state index contributed by atoms with van der Waals surface area (Å²) in [4.78, 5) is 30.2. The topological polar surface area (TPSA) is 76.0 Å². The Morgan fingerprint density at radius 1 is 0.800 bits per heavy atom. The van der Waals surface area contributed by atoms with Gasteiger partial charge in [0.25, 0.3) is 5.91 Å². The lowest BCUT2D eigenvalue weighted by atomic mass is 10.1. The van der Waals surface area contributed by atoms with Gasteiger partial charge < -0.3 is 29.2 Å². The number of urea groups is 1. The van der Waals surface area contributed by atoms with Gasteiger partial charge in [-0.1, -0.05) is 18.2 Å². The van der Waals surface area contributed by atoms with Gasteiger partial charge in [-0.25, -0.2) is 4.79 Å². The summed E-state index contributed by atoms with van der Waals surface area (Å²) in [5, 5.41) is 2.94. The van der Waals surface area contributed by atoms with Gasteiger partial charge in [0, 0.05) is 48.1 Å². The number of para-hydroxylation sites is 1. The van der Waals surface area contributed by atoms with Crippen molar-refractivity contribution in [3.63, 3.8) is 0 Å². The van der Waals surface area contributed by atoms with Gasteiger partial charge in [-0.2, -0.15) is 0 Å². The molecule has 0 radical (unpaired) electrons. The molecular formula is C31H31BrN4O4. The largest absolute Gasteiger partial charge is 0.497 e. The number of amides is 3. The number of aromatic nitrogens is 1. The van der Waals surface area contributed by atoms with Crippen LogP contribution in [0.4, 0.5) is 10.5 Å².